The van der Waals surface area contributed by atoms with Gasteiger partial charge >= 0.3 is 18.1 Å². The van der Waals surface area contributed by atoms with Gasteiger partial charge in [0.15, 0.2) is 23.0 Å². The molecule has 8 aliphatic heterocycles. The third kappa shape index (κ3) is 15.1. The molecular weight excluding hydrogens is 1670 g/mol. The summed E-state index contributed by atoms with van der Waals surface area (Å²) >= 11 is 16.4. The first-order valence-corrected chi connectivity index (χ1v) is 41.5. The van der Waals surface area contributed by atoms with E-state index in [0.717, 1.165) is 71.2 Å². The number of carbonyl (C=O) groups is 6. The van der Waals surface area contributed by atoms with Crippen molar-refractivity contribution in [2.45, 2.75) is 51.1 Å². The number of alkyl halides is 2. The number of rotatable bonds is 15. The summed E-state index contributed by atoms with van der Waals surface area (Å²) in [6.45, 7) is 6.08. The lowest BCUT2D eigenvalue weighted by atomic mass is 10.1. The van der Waals surface area contributed by atoms with Crippen LogP contribution in [0.1, 0.15) is 82.5 Å². The van der Waals surface area contributed by atoms with Crippen molar-refractivity contribution >= 4 is 186 Å². The number of halogens is 4. The van der Waals surface area contributed by atoms with E-state index >= 15 is 0 Å². The third-order valence-electron chi connectivity index (χ3n) is 21.2. The maximum Gasteiger partial charge on any atom is 0.331 e. The average Bonchev–Trinajstić information content (AvgIpc) is 1.52. The number of amides is 9. The second kappa shape index (κ2) is 33.6. The molecule has 9 amide bonds. The summed E-state index contributed by atoms with van der Waals surface area (Å²) in [7, 11) is 1.60. The zero-order valence-corrected chi connectivity index (χ0v) is 68.1. The highest BCUT2D eigenvalue weighted by Gasteiger charge is 2.43. The van der Waals surface area contributed by atoms with E-state index in [0.29, 0.717) is 146 Å². The lowest BCUT2D eigenvalue weighted by Gasteiger charge is -2.31. The number of carbonyl (C=O) groups excluding carboxylic acids is 6. The van der Waals surface area contributed by atoms with Gasteiger partial charge in [-0.05, 0) is 117 Å². The number of aromatic nitrogens is 3. The Hall–Kier alpha value is -13.5. The van der Waals surface area contributed by atoms with Gasteiger partial charge in [-0.15, -0.1) is 34.0 Å². The minimum absolute atomic E-state index is 0.000575. The van der Waals surface area contributed by atoms with Crippen LogP contribution in [-0.2, 0) is 17.8 Å². The van der Waals surface area contributed by atoms with Crippen LogP contribution < -0.4 is 69.7 Å². The first-order chi connectivity index (χ1) is 59.4. The molecule has 12 aromatic rings. The number of thiophene rings is 3. The molecule has 0 spiro atoms. The van der Waals surface area contributed by atoms with Crippen molar-refractivity contribution in [3.63, 3.8) is 0 Å². The quantitative estimate of drug-likeness (QED) is 0.0636. The predicted octanol–water partition coefficient (Wildman–Crippen LogP) is 18.0. The first-order valence-electron chi connectivity index (χ1n) is 38.3. The molecule has 8 aliphatic rings. The van der Waals surface area contributed by atoms with Crippen molar-refractivity contribution in [1.82, 2.24) is 29.7 Å². The first kappa shape index (κ1) is 79.6. The van der Waals surface area contributed by atoms with E-state index in [-0.39, 0.29) is 113 Å². The monoisotopic (exact) mass is 1740 g/mol. The zero-order chi connectivity index (χ0) is 84.1. The van der Waals surface area contributed by atoms with Crippen LogP contribution >= 0.6 is 57.2 Å². The average molecular weight is 1740 g/mol. The summed E-state index contributed by atoms with van der Waals surface area (Å²) in [5, 5.41) is 45.9. The Morgan fingerprint density at radius 2 is 1.04 bits per heavy atom. The lowest BCUT2D eigenvalue weighted by Crippen LogP contribution is -2.41. The molecule has 20 rings (SSSR count). The summed E-state index contributed by atoms with van der Waals surface area (Å²) in [4.78, 5) is 106. The molecule has 37 heteroatoms. The molecule has 0 saturated carbocycles. The van der Waals surface area contributed by atoms with Crippen LogP contribution in [-0.4, -0.2) is 151 Å². The van der Waals surface area contributed by atoms with Gasteiger partial charge in [0.05, 0.1) is 110 Å². The molecule has 2 atom stereocenters. The number of nitrogens with one attached hydrogen (secondary N) is 5. The number of hydrogen-bond donors (Lipinski definition) is 5. The van der Waals surface area contributed by atoms with Crippen molar-refractivity contribution in [2.24, 2.45) is 0 Å². The Morgan fingerprint density at radius 1 is 0.549 bits per heavy atom. The number of benzene rings is 6. The Kier molecular flexibility index (Phi) is 21.9. The van der Waals surface area contributed by atoms with Crippen LogP contribution in [0.15, 0.2) is 140 Å². The third-order valence-corrected chi connectivity index (χ3v) is 25.1. The fraction of sp³-hybridized carbons (Fsp3) is 0.224. The molecule has 0 aliphatic carbocycles. The van der Waals surface area contributed by atoms with Crippen molar-refractivity contribution in [2.75, 3.05) is 114 Å². The van der Waals surface area contributed by atoms with E-state index in [2.05, 4.69) is 69.5 Å². The molecule has 3 saturated heterocycles. The smallest absolute Gasteiger partial charge is 0.331 e. The van der Waals surface area contributed by atoms with Crippen molar-refractivity contribution in [1.29, 1.82) is 15.8 Å². The summed E-state index contributed by atoms with van der Waals surface area (Å²) < 4.78 is 66.8. The summed E-state index contributed by atoms with van der Waals surface area (Å²) in [6, 6.07) is 40.3. The number of urea groups is 3. The number of ether oxygens (including phenoxy) is 7. The van der Waals surface area contributed by atoms with Gasteiger partial charge in [0.25, 0.3) is 17.7 Å². The van der Waals surface area contributed by atoms with Gasteiger partial charge in [0.2, 0.25) is 13.6 Å². The Bertz CT molecular complexity index is 6440. The molecule has 0 radical (unpaired) electrons. The number of morpholine rings is 1. The summed E-state index contributed by atoms with van der Waals surface area (Å²) in [6.07, 6.45) is 4.70. The Morgan fingerprint density at radius 3 is 1.57 bits per heavy atom. The molecule has 2 unspecified atom stereocenters. The van der Waals surface area contributed by atoms with Gasteiger partial charge in [0.1, 0.15) is 88.3 Å². The minimum atomic E-state index is -1.09. The Labute approximate surface area is 714 Å². The van der Waals surface area contributed by atoms with Gasteiger partial charge in [-0.2, -0.15) is 15.8 Å². The van der Waals surface area contributed by atoms with Crippen molar-refractivity contribution in [3.8, 4) is 58.5 Å². The fourth-order valence-corrected chi connectivity index (χ4v) is 19.2. The number of para-hydroxylation sites is 1. The van der Waals surface area contributed by atoms with Crippen molar-refractivity contribution in [3.05, 3.63) is 192 Å². The van der Waals surface area contributed by atoms with E-state index in [1.807, 2.05) is 54.6 Å². The van der Waals surface area contributed by atoms with Crippen LogP contribution in [0.5, 0.6) is 40.2 Å². The highest BCUT2D eigenvalue weighted by Crippen LogP contribution is 2.57. The molecule has 30 nitrogen and oxygen atoms in total. The number of nitriles is 3. The van der Waals surface area contributed by atoms with E-state index in [1.54, 1.807) is 73.8 Å². The van der Waals surface area contributed by atoms with Gasteiger partial charge in [-0.1, -0.05) is 59.6 Å². The molecule has 6 aromatic heterocycles. The van der Waals surface area contributed by atoms with Crippen LogP contribution in [0.3, 0.4) is 0 Å². The van der Waals surface area contributed by atoms with Crippen LogP contribution in [0.2, 0.25) is 10.0 Å². The van der Waals surface area contributed by atoms with Gasteiger partial charge in [-0.25, -0.2) is 38.1 Å². The molecule has 0 bridgehead atoms. The van der Waals surface area contributed by atoms with Gasteiger partial charge in [0, 0.05) is 80.9 Å². The maximum atomic E-state index is 14.0. The maximum absolute atomic E-state index is 14.0. The standard InChI is InChI=1S/C34H28N6O5S.C29H22ClFN6O4S.C22H15ClFN5O4S/c1-43-27-17-23(8-7-21(27)20-39-13-15-44-16-14-39)37-32(41)31-29-28-30(22(18-35)19-36-33(28)46-31)40(34(42)38-29)24-9-11-26(12-10-24)45-25-5-3-2-4-6-25;30-19-7-8-20-25(41-14-40-20)24(19)37-23-16(10-32)11-33-28-21(23)22(35-29(37)39)26(42-28)27(38)34-18-5-3-15(4-6-18)12-36-9-1-2-17(31)13-36;23-12-3-4-13-18(33-9-32-13)17(12)29-16-10(6-25)7-26-20-14(16)15(27-22(29)31)19(34-20)21(30)28-5-1-2-11(24)8-28/h2-12,17,19H,13-16,20H2,1H3,(H,37,41)(H,38,42);3-8,11,17H,1-2,9,12-14H2,(H,34,38)(H,35,39);3-4,7,11H,1-2,5,8-9H2,(H,27,31). The predicted molar refractivity (Wildman–Crippen MR) is 455 cm³/mol. The lowest BCUT2D eigenvalue weighted by molar-refractivity contribution is 0.0339. The number of pyridine rings is 3. The topological polar surface area (TPSA) is 357 Å². The second-order valence-electron chi connectivity index (χ2n) is 28.8. The molecule has 3 fully saturated rings. The molecular formula is C85H65Cl2F2N17O13S3. The van der Waals surface area contributed by atoms with E-state index < -0.39 is 42.3 Å². The minimum Gasteiger partial charge on any atom is -0.496 e. The highest BCUT2D eigenvalue weighted by molar-refractivity contribution is 7.22. The summed E-state index contributed by atoms with van der Waals surface area (Å²) in [5.41, 5.74) is 6.25. The van der Waals surface area contributed by atoms with Gasteiger partial charge < -0.3 is 64.6 Å². The van der Waals surface area contributed by atoms with E-state index in [4.69, 9.17) is 56.4 Å². The fourth-order valence-electron chi connectivity index (χ4n) is 15.6. The number of anilines is 11. The van der Waals surface area contributed by atoms with E-state index in [1.165, 1.54) is 38.2 Å². The SMILES string of the molecule is COc1cc(NC(=O)c2sc3ncc(C#N)c4c3c2NC(=O)N4c2ccc(Oc3ccccc3)cc2)ccc1CN1CCOCC1.N#Cc1cnc2sc(C(=O)N3CCCC(F)C3)c3c2c1N(c1c(Cl)ccc2c1OCO2)C(=O)N3.N#Cc1cnc2sc(C(=O)Nc3ccc(CN4CCCC(F)C4)cc3)c3c2c1N(c1c(Cl)ccc2c1OCO2)C(=O)N3. The van der Waals surface area contributed by atoms with Crippen molar-refractivity contribution < 1.29 is 70.7 Å². The molecule has 5 N–H and O–H groups in total. The van der Waals surface area contributed by atoms with Crippen LogP contribution in [0.25, 0.3) is 30.6 Å². The van der Waals surface area contributed by atoms with E-state index in [9.17, 15) is 53.3 Å². The second-order valence-corrected chi connectivity index (χ2v) is 32.6. The molecule has 122 heavy (non-hydrogen) atoms. The Balaban J connectivity index is 0.000000126. The molecule has 14 heterocycles. The largest absolute Gasteiger partial charge is 0.496 e. The molecule has 614 valence electrons. The number of piperidine rings is 2. The number of likely N-dealkylation sites (tertiary alicyclic amines) is 2. The number of methoxy groups -OCH3 is 1. The number of nitrogens with zero attached hydrogens (tertiary/aromatic N) is 12. The van der Waals surface area contributed by atoms with Crippen LogP contribution in [0, 0.1) is 34.0 Å². The molecule has 6 aromatic carbocycles. The normalized spacial score (nSPS) is 16.8. The number of hydrogen-bond acceptors (Lipinski definition) is 24. The zero-order valence-electron chi connectivity index (χ0n) is 64.2. The summed E-state index contributed by atoms with van der Waals surface area (Å²) in [5.74, 6) is 2.07. The van der Waals surface area contributed by atoms with Crippen LogP contribution in [0.4, 0.5) is 85.7 Å². The highest BCUT2D eigenvalue weighted by atomic mass is 35.5. The number of fused-ring (bicyclic) bond motifs is 2. The van der Waals surface area contributed by atoms with Gasteiger partial charge in [-0.3, -0.25) is 38.9 Å².